The number of aryl methyl sites for hydroxylation is 2. The van der Waals surface area contributed by atoms with Gasteiger partial charge in [-0.25, -0.2) is 19.9 Å². The molecule has 0 radical (unpaired) electrons. The second-order valence-electron chi connectivity index (χ2n) is 11.3. The molecule has 1 aromatic carbocycles. The zero-order valence-electron chi connectivity index (χ0n) is 24.7. The Bertz CT molecular complexity index is 1610. The predicted molar refractivity (Wildman–Crippen MR) is 162 cm³/mol. The maximum absolute atomic E-state index is 10.2. The molecule has 11 heteroatoms. The van der Waals surface area contributed by atoms with Crippen molar-refractivity contribution in [2.24, 2.45) is 0 Å². The van der Waals surface area contributed by atoms with Crippen LogP contribution in [0.25, 0.3) is 22.6 Å². The minimum atomic E-state index is -0.535. The van der Waals surface area contributed by atoms with Crippen molar-refractivity contribution < 1.29 is 14.4 Å². The van der Waals surface area contributed by atoms with Gasteiger partial charge in [0.1, 0.15) is 23.9 Å². The van der Waals surface area contributed by atoms with Crippen molar-refractivity contribution in [3.05, 3.63) is 57.7 Å². The van der Waals surface area contributed by atoms with Crippen LogP contribution in [0.5, 0.6) is 5.75 Å². The third-order valence-electron chi connectivity index (χ3n) is 8.15. The first-order chi connectivity index (χ1) is 20.2. The Labute approximate surface area is 250 Å². The van der Waals surface area contributed by atoms with E-state index < -0.39 is 6.10 Å². The lowest BCUT2D eigenvalue weighted by Gasteiger charge is -2.38. The molecule has 0 bridgehead atoms. The molecular formula is C31H36ClN7O3. The fraction of sp³-hybridized carbons (Fsp3) is 0.452. The number of fused-ring (bicyclic) bond motifs is 1. The van der Waals surface area contributed by atoms with Crippen LogP contribution in [0.3, 0.4) is 0 Å². The maximum atomic E-state index is 10.2. The Hall–Kier alpha value is -3.76. The number of aliphatic hydroxyl groups is 1. The number of rotatable bonds is 9. The fourth-order valence-corrected chi connectivity index (χ4v) is 5.82. The Balaban J connectivity index is 1.40. The van der Waals surface area contributed by atoms with Crippen LogP contribution in [0.2, 0.25) is 5.02 Å². The number of ether oxygens (including phenoxy) is 1. The molecule has 1 saturated heterocycles. The van der Waals surface area contributed by atoms with Crippen molar-refractivity contribution in [3.63, 3.8) is 0 Å². The molecule has 0 saturated carbocycles. The van der Waals surface area contributed by atoms with Gasteiger partial charge in [0.2, 0.25) is 5.95 Å². The van der Waals surface area contributed by atoms with Gasteiger partial charge in [0.05, 0.1) is 40.3 Å². The van der Waals surface area contributed by atoms with Crippen molar-refractivity contribution in [1.29, 1.82) is 0 Å². The minimum Gasteiger partial charge on any atom is -0.491 e. The van der Waals surface area contributed by atoms with Crippen molar-refractivity contribution in [2.45, 2.75) is 79.1 Å². The number of nitrogens with zero attached hydrogens (tertiary/aromatic N) is 7. The standard InChI is InChI=1S/C31H36ClN7O3/c1-6-7-22(40)16-41-23-8-9-25(32)24(12-23)29-35-28(27-19(4)37-42-20(27)5)18(3)30(36-29)38-14-21-13-33-31(34-26(21)15-38)39-11-10-17(39)2/h8-9,12-13,17,22,40H,6-7,10-11,14-16H2,1-5H3/t17?,22-/m1/s1. The molecule has 42 heavy (non-hydrogen) atoms. The number of hydrogen-bond donors (Lipinski definition) is 1. The average molecular weight is 590 g/mol. The minimum absolute atomic E-state index is 0.199. The Morgan fingerprint density at radius 2 is 2.00 bits per heavy atom. The first-order valence-electron chi connectivity index (χ1n) is 14.5. The van der Waals surface area contributed by atoms with Gasteiger partial charge in [0.15, 0.2) is 5.82 Å². The highest BCUT2D eigenvalue weighted by atomic mass is 35.5. The lowest BCUT2D eigenvalue weighted by Crippen LogP contribution is -2.46. The van der Waals surface area contributed by atoms with E-state index in [1.54, 1.807) is 12.1 Å². The highest BCUT2D eigenvalue weighted by Crippen LogP contribution is 2.39. The first-order valence-corrected chi connectivity index (χ1v) is 14.9. The summed E-state index contributed by atoms with van der Waals surface area (Å²) in [6.45, 7) is 12.5. The molecule has 0 spiro atoms. The van der Waals surface area contributed by atoms with Gasteiger partial charge in [-0.2, -0.15) is 0 Å². The van der Waals surface area contributed by atoms with Gasteiger partial charge in [-0.15, -0.1) is 0 Å². The molecule has 2 aliphatic heterocycles. The maximum Gasteiger partial charge on any atom is 0.225 e. The largest absolute Gasteiger partial charge is 0.491 e. The van der Waals surface area contributed by atoms with E-state index in [-0.39, 0.29) is 6.61 Å². The van der Waals surface area contributed by atoms with Crippen LogP contribution in [-0.2, 0) is 13.1 Å². The number of halogens is 1. The number of aromatic nitrogens is 5. The second kappa shape index (κ2) is 11.5. The molecule has 0 aliphatic carbocycles. The van der Waals surface area contributed by atoms with E-state index in [0.717, 1.165) is 64.9 Å². The van der Waals surface area contributed by atoms with Crippen LogP contribution < -0.4 is 14.5 Å². The number of aliphatic hydroxyl groups excluding tert-OH is 1. The summed E-state index contributed by atoms with van der Waals surface area (Å²) in [5.74, 6) is 3.31. The Kier molecular flexibility index (Phi) is 7.76. The molecule has 220 valence electrons. The zero-order valence-corrected chi connectivity index (χ0v) is 25.4. The van der Waals surface area contributed by atoms with Crippen LogP contribution in [-0.4, -0.2) is 55.5 Å². The van der Waals surface area contributed by atoms with Gasteiger partial charge in [-0.1, -0.05) is 30.1 Å². The summed E-state index contributed by atoms with van der Waals surface area (Å²) < 4.78 is 11.4. The molecule has 1 fully saturated rings. The lowest BCUT2D eigenvalue weighted by atomic mass is 10.0. The van der Waals surface area contributed by atoms with E-state index in [1.807, 2.05) is 40.0 Å². The molecule has 5 heterocycles. The molecule has 0 amide bonds. The third kappa shape index (κ3) is 5.29. The summed E-state index contributed by atoms with van der Waals surface area (Å²) in [5.41, 5.74) is 5.98. The normalized spacial score (nSPS) is 16.9. The van der Waals surface area contributed by atoms with Gasteiger partial charge >= 0.3 is 0 Å². The molecule has 3 aromatic heterocycles. The number of hydrogen-bond acceptors (Lipinski definition) is 10. The Morgan fingerprint density at radius 1 is 1.17 bits per heavy atom. The summed E-state index contributed by atoms with van der Waals surface area (Å²) in [5, 5.41) is 14.9. The van der Waals surface area contributed by atoms with Gasteiger partial charge in [-0.05, 0) is 58.7 Å². The number of anilines is 2. The molecule has 6 rings (SSSR count). The van der Waals surface area contributed by atoms with Gasteiger partial charge in [0.25, 0.3) is 0 Å². The van der Waals surface area contributed by atoms with E-state index in [4.69, 9.17) is 35.8 Å². The molecule has 1 N–H and O–H groups in total. The lowest BCUT2D eigenvalue weighted by molar-refractivity contribution is 0.0994. The van der Waals surface area contributed by atoms with Crippen molar-refractivity contribution in [2.75, 3.05) is 23.0 Å². The highest BCUT2D eigenvalue weighted by molar-refractivity contribution is 6.33. The van der Waals surface area contributed by atoms with E-state index in [1.165, 1.54) is 0 Å². The Morgan fingerprint density at radius 3 is 2.69 bits per heavy atom. The van der Waals surface area contributed by atoms with Crippen molar-refractivity contribution >= 4 is 23.4 Å². The molecule has 2 aliphatic rings. The SMILES string of the molecule is CCC[C@@H](O)COc1ccc(Cl)c(-c2nc(-c3c(C)noc3C)c(C)c(N3Cc4cnc(N5CCC5C)nc4C3)n2)c1. The first kappa shape index (κ1) is 28.4. The molecule has 4 aromatic rings. The predicted octanol–water partition coefficient (Wildman–Crippen LogP) is 5.83. The van der Waals surface area contributed by atoms with Crippen LogP contribution in [0.4, 0.5) is 11.8 Å². The van der Waals surface area contributed by atoms with Crippen molar-refractivity contribution in [1.82, 2.24) is 25.1 Å². The molecule has 2 atom stereocenters. The van der Waals surface area contributed by atoms with Crippen LogP contribution in [0.1, 0.15) is 61.4 Å². The summed E-state index contributed by atoms with van der Waals surface area (Å²) in [7, 11) is 0. The third-order valence-corrected chi connectivity index (χ3v) is 8.48. The summed E-state index contributed by atoms with van der Waals surface area (Å²) >= 11 is 6.73. The van der Waals surface area contributed by atoms with Gasteiger partial charge < -0.3 is 24.2 Å². The van der Waals surface area contributed by atoms with E-state index in [0.29, 0.717) is 53.5 Å². The summed E-state index contributed by atoms with van der Waals surface area (Å²) in [6.07, 6.45) is 4.12. The quantitative estimate of drug-likeness (QED) is 0.256. The van der Waals surface area contributed by atoms with Gasteiger partial charge in [0, 0.05) is 42.0 Å². The van der Waals surface area contributed by atoms with E-state index >= 15 is 0 Å². The smallest absolute Gasteiger partial charge is 0.225 e. The van der Waals surface area contributed by atoms with Crippen LogP contribution >= 0.6 is 11.6 Å². The summed E-state index contributed by atoms with van der Waals surface area (Å²) in [4.78, 5) is 24.1. The van der Waals surface area contributed by atoms with E-state index in [2.05, 4.69) is 26.9 Å². The number of benzene rings is 1. The highest BCUT2D eigenvalue weighted by Gasteiger charge is 2.31. The summed E-state index contributed by atoms with van der Waals surface area (Å²) in [6, 6.07) is 5.86. The molecule has 1 unspecified atom stereocenters. The van der Waals surface area contributed by atoms with Crippen LogP contribution in [0.15, 0.2) is 28.9 Å². The topological polar surface area (TPSA) is 114 Å². The average Bonchev–Trinajstić information content (AvgIpc) is 3.54. The second-order valence-corrected chi connectivity index (χ2v) is 11.7. The van der Waals surface area contributed by atoms with Gasteiger partial charge in [-0.3, -0.25) is 0 Å². The monoisotopic (exact) mass is 589 g/mol. The fourth-order valence-electron chi connectivity index (χ4n) is 5.62. The van der Waals surface area contributed by atoms with Crippen molar-refractivity contribution in [3.8, 4) is 28.4 Å². The van der Waals surface area contributed by atoms with Crippen LogP contribution in [0, 0.1) is 20.8 Å². The zero-order chi connectivity index (χ0) is 29.5. The molecular weight excluding hydrogens is 554 g/mol. The van der Waals surface area contributed by atoms with E-state index in [9.17, 15) is 5.11 Å². The molecule has 10 nitrogen and oxygen atoms in total.